The topological polar surface area (TPSA) is 56.0 Å². The van der Waals surface area contributed by atoms with Crippen LogP contribution in [0.5, 0.6) is 0 Å². The van der Waals surface area contributed by atoms with E-state index in [0.29, 0.717) is 11.4 Å². The molecule has 1 heterocycles. The van der Waals surface area contributed by atoms with Gasteiger partial charge in [0.25, 0.3) is 0 Å². The lowest BCUT2D eigenvalue weighted by atomic mass is 9.93. The summed E-state index contributed by atoms with van der Waals surface area (Å²) in [6.45, 7) is 1.91. The lowest BCUT2D eigenvalue weighted by molar-refractivity contribution is 0.104. The summed E-state index contributed by atoms with van der Waals surface area (Å²) >= 11 is 0. The molecule has 1 aliphatic rings. The van der Waals surface area contributed by atoms with Crippen LogP contribution < -0.4 is 5.73 Å². The molecule has 1 aromatic rings. The molecule has 0 bridgehead atoms. The van der Waals surface area contributed by atoms with Crippen molar-refractivity contribution in [2.75, 3.05) is 5.73 Å². The molecule has 0 atom stereocenters. The van der Waals surface area contributed by atoms with Gasteiger partial charge in [-0.2, -0.15) is 0 Å². The summed E-state index contributed by atoms with van der Waals surface area (Å²) in [5.74, 6) is 0.323. The number of ketones is 1. The smallest absolute Gasteiger partial charge is 0.189 e. The summed E-state index contributed by atoms with van der Waals surface area (Å²) < 4.78 is 0. The molecule has 90 valence electrons. The molecule has 0 aromatic carbocycles. The van der Waals surface area contributed by atoms with Gasteiger partial charge in [0.15, 0.2) is 5.78 Å². The number of nitrogen functional groups attached to an aromatic ring is 1. The van der Waals surface area contributed by atoms with Gasteiger partial charge in [0.2, 0.25) is 0 Å². The molecule has 0 radical (unpaired) electrons. The highest BCUT2D eigenvalue weighted by molar-refractivity contribution is 6.08. The second-order valence-corrected chi connectivity index (χ2v) is 4.67. The van der Waals surface area contributed by atoms with Gasteiger partial charge in [-0.1, -0.05) is 12.0 Å². The van der Waals surface area contributed by atoms with E-state index in [1.807, 2.05) is 13.0 Å². The Balaban J connectivity index is 2.21. The van der Waals surface area contributed by atoms with Gasteiger partial charge in [0, 0.05) is 6.20 Å². The fraction of sp³-hybridized carbons (Fsp3) is 0.429. The predicted molar refractivity (Wildman–Crippen MR) is 68.9 cm³/mol. The fourth-order valence-electron chi connectivity index (χ4n) is 2.19. The number of allylic oxidation sites excluding steroid dienone is 2. The largest absolute Gasteiger partial charge is 0.383 e. The van der Waals surface area contributed by atoms with Crippen molar-refractivity contribution in [3.05, 3.63) is 35.0 Å². The van der Waals surface area contributed by atoms with Gasteiger partial charge in [-0.3, -0.25) is 4.79 Å². The van der Waals surface area contributed by atoms with E-state index in [1.165, 1.54) is 24.8 Å². The minimum absolute atomic E-state index is 0.00407. The molecule has 2 rings (SSSR count). The molecule has 0 unspecified atom stereocenters. The fourth-order valence-corrected chi connectivity index (χ4v) is 2.19. The van der Waals surface area contributed by atoms with E-state index in [-0.39, 0.29) is 5.78 Å². The molecule has 1 aliphatic carbocycles. The van der Waals surface area contributed by atoms with Crippen molar-refractivity contribution in [2.45, 2.75) is 39.0 Å². The normalized spacial score (nSPS) is 15.7. The van der Waals surface area contributed by atoms with Crippen LogP contribution in [0.25, 0.3) is 0 Å². The summed E-state index contributed by atoms with van der Waals surface area (Å²) in [7, 11) is 0. The number of aryl methyl sites for hydroxylation is 1. The van der Waals surface area contributed by atoms with E-state index < -0.39 is 0 Å². The number of nitrogens with zero attached hydrogens (tertiary/aromatic N) is 1. The Hall–Kier alpha value is -1.64. The van der Waals surface area contributed by atoms with Crippen LogP contribution in [-0.4, -0.2) is 10.8 Å². The van der Waals surface area contributed by atoms with E-state index in [9.17, 15) is 4.79 Å². The van der Waals surface area contributed by atoms with Crippen molar-refractivity contribution in [3.8, 4) is 0 Å². The Morgan fingerprint density at radius 3 is 2.76 bits per heavy atom. The first-order valence-electron chi connectivity index (χ1n) is 6.13. The van der Waals surface area contributed by atoms with E-state index in [0.717, 1.165) is 18.4 Å². The zero-order chi connectivity index (χ0) is 12.3. The van der Waals surface area contributed by atoms with E-state index >= 15 is 0 Å². The number of carbonyl (C=O) groups excluding carboxylic acids is 1. The van der Waals surface area contributed by atoms with Crippen LogP contribution >= 0.6 is 0 Å². The van der Waals surface area contributed by atoms with Gasteiger partial charge in [-0.25, -0.2) is 4.98 Å². The lowest BCUT2D eigenvalue weighted by Gasteiger charge is -2.13. The minimum Gasteiger partial charge on any atom is -0.383 e. The van der Waals surface area contributed by atoms with E-state index in [4.69, 9.17) is 5.73 Å². The Bertz CT molecular complexity index is 455. The van der Waals surface area contributed by atoms with Crippen molar-refractivity contribution in [2.24, 2.45) is 0 Å². The van der Waals surface area contributed by atoms with Crippen LogP contribution in [0.15, 0.2) is 23.9 Å². The van der Waals surface area contributed by atoms with Gasteiger partial charge in [-0.15, -0.1) is 0 Å². The minimum atomic E-state index is -0.00407. The standard InChI is InChI=1S/C14H18N2O/c1-10-7-12(14(15)16-9-10)13(17)8-11-5-3-2-4-6-11/h7-9H,2-6H2,1H3,(H2,15,16). The highest BCUT2D eigenvalue weighted by Gasteiger charge is 2.12. The van der Waals surface area contributed by atoms with Crippen LogP contribution in [0, 0.1) is 6.92 Å². The average molecular weight is 230 g/mol. The van der Waals surface area contributed by atoms with Gasteiger partial charge in [-0.05, 0) is 50.3 Å². The van der Waals surface area contributed by atoms with Gasteiger partial charge < -0.3 is 5.73 Å². The number of carbonyl (C=O) groups is 1. The first-order valence-corrected chi connectivity index (χ1v) is 6.13. The van der Waals surface area contributed by atoms with Crippen LogP contribution in [0.2, 0.25) is 0 Å². The molecular weight excluding hydrogens is 212 g/mol. The number of pyridine rings is 1. The van der Waals surface area contributed by atoms with Crippen molar-refractivity contribution in [1.82, 2.24) is 4.98 Å². The van der Waals surface area contributed by atoms with Crippen molar-refractivity contribution >= 4 is 11.6 Å². The van der Waals surface area contributed by atoms with Gasteiger partial charge >= 0.3 is 0 Å². The maximum Gasteiger partial charge on any atom is 0.189 e. The van der Waals surface area contributed by atoms with Crippen molar-refractivity contribution in [1.29, 1.82) is 0 Å². The average Bonchev–Trinajstić information content (AvgIpc) is 2.33. The predicted octanol–water partition coefficient (Wildman–Crippen LogP) is 3.05. The summed E-state index contributed by atoms with van der Waals surface area (Å²) in [6.07, 6.45) is 9.20. The molecular formula is C14H18N2O. The molecule has 2 N–H and O–H groups in total. The highest BCUT2D eigenvalue weighted by atomic mass is 16.1. The monoisotopic (exact) mass is 230 g/mol. The van der Waals surface area contributed by atoms with E-state index in [2.05, 4.69) is 4.98 Å². The maximum atomic E-state index is 12.1. The number of hydrogen-bond acceptors (Lipinski definition) is 3. The molecule has 1 saturated carbocycles. The van der Waals surface area contributed by atoms with Crippen molar-refractivity contribution in [3.63, 3.8) is 0 Å². The zero-order valence-electron chi connectivity index (χ0n) is 10.2. The summed E-state index contributed by atoms with van der Waals surface area (Å²) in [6, 6.07) is 1.81. The van der Waals surface area contributed by atoms with Crippen LogP contribution in [0.1, 0.15) is 48.0 Å². The molecule has 3 nitrogen and oxygen atoms in total. The Morgan fingerprint density at radius 1 is 1.35 bits per heavy atom. The summed E-state index contributed by atoms with van der Waals surface area (Å²) in [5.41, 5.74) is 8.48. The third-order valence-corrected chi connectivity index (χ3v) is 3.15. The summed E-state index contributed by atoms with van der Waals surface area (Å²) in [4.78, 5) is 16.1. The third kappa shape index (κ3) is 2.93. The molecule has 0 aliphatic heterocycles. The SMILES string of the molecule is Cc1cnc(N)c(C(=O)C=C2CCCCC2)c1. The number of aromatic nitrogens is 1. The van der Waals surface area contributed by atoms with Gasteiger partial charge in [0.1, 0.15) is 5.82 Å². The van der Waals surface area contributed by atoms with Crippen molar-refractivity contribution < 1.29 is 4.79 Å². The van der Waals surface area contributed by atoms with Gasteiger partial charge in [0.05, 0.1) is 5.56 Å². The summed E-state index contributed by atoms with van der Waals surface area (Å²) in [5, 5.41) is 0. The molecule has 0 amide bonds. The zero-order valence-corrected chi connectivity index (χ0v) is 10.2. The maximum absolute atomic E-state index is 12.1. The molecule has 1 fully saturated rings. The highest BCUT2D eigenvalue weighted by Crippen LogP contribution is 2.23. The number of anilines is 1. The van der Waals surface area contributed by atoms with Crippen LogP contribution in [-0.2, 0) is 0 Å². The second-order valence-electron chi connectivity index (χ2n) is 4.67. The number of rotatable bonds is 2. The lowest BCUT2D eigenvalue weighted by Crippen LogP contribution is -2.05. The second kappa shape index (κ2) is 5.13. The number of nitrogens with two attached hydrogens (primary N) is 1. The first kappa shape index (κ1) is 11.8. The van der Waals surface area contributed by atoms with Crippen LogP contribution in [0.3, 0.4) is 0 Å². The number of hydrogen-bond donors (Lipinski definition) is 1. The Morgan fingerprint density at radius 2 is 2.06 bits per heavy atom. The first-order chi connectivity index (χ1) is 8.16. The molecule has 0 saturated heterocycles. The molecule has 3 heteroatoms. The van der Waals surface area contributed by atoms with Crippen LogP contribution in [0.4, 0.5) is 5.82 Å². The van der Waals surface area contributed by atoms with E-state index in [1.54, 1.807) is 12.3 Å². The quantitative estimate of drug-likeness (QED) is 0.627. The molecule has 1 aromatic heterocycles. The Kier molecular flexibility index (Phi) is 3.57. The Labute approximate surface area is 102 Å². The third-order valence-electron chi connectivity index (χ3n) is 3.15. The molecule has 17 heavy (non-hydrogen) atoms. The molecule has 0 spiro atoms.